The molecule has 24 heavy (non-hydrogen) atoms. The number of methoxy groups -OCH3 is 1. The second-order valence-electron chi connectivity index (χ2n) is 5.56. The van der Waals surface area contributed by atoms with E-state index in [4.69, 9.17) is 10.5 Å². The van der Waals surface area contributed by atoms with E-state index in [9.17, 15) is 14.4 Å². The average molecular weight is 332 g/mol. The molecule has 2 rings (SSSR count). The zero-order chi connectivity index (χ0) is 17.7. The molecule has 1 aliphatic rings. The molecule has 0 radical (unpaired) electrons. The summed E-state index contributed by atoms with van der Waals surface area (Å²) >= 11 is 0. The van der Waals surface area contributed by atoms with E-state index in [0.29, 0.717) is 12.1 Å². The van der Waals surface area contributed by atoms with Gasteiger partial charge in [0.15, 0.2) is 0 Å². The maximum absolute atomic E-state index is 12.1. The first-order valence-electron chi connectivity index (χ1n) is 7.49. The van der Waals surface area contributed by atoms with E-state index in [1.807, 2.05) is 18.2 Å². The second kappa shape index (κ2) is 7.74. The van der Waals surface area contributed by atoms with Crippen molar-refractivity contribution in [1.82, 2.24) is 4.90 Å². The maximum atomic E-state index is 12.1. The van der Waals surface area contributed by atoms with Gasteiger partial charge < -0.3 is 20.1 Å². The van der Waals surface area contributed by atoms with Crippen LogP contribution in [0.2, 0.25) is 0 Å². The Hall–Kier alpha value is -2.67. The number of likely N-dealkylation sites (tertiary alicyclic amines) is 1. The molecule has 2 N–H and O–H groups in total. The van der Waals surface area contributed by atoms with Crippen LogP contribution in [0.4, 0.5) is 0 Å². The van der Waals surface area contributed by atoms with Crippen LogP contribution >= 0.6 is 0 Å². The van der Waals surface area contributed by atoms with Crippen LogP contribution in [-0.2, 0) is 30.3 Å². The number of hydrogen-bond donors (Lipinski definition) is 1. The van der Waals surface area contributed by atoms with Crippen molar-refractivity contribution in [2.75, 3.05) is 20.2 Å². The van der Waals surface area contributed by atoms with Crippen LogP contribution in [0.1, 0.15) is 12.5 Å². The molecule has 0 aromatic heterocycles. The van der Waals surface area contributed by atoms with Crippen LogP contribution in [0.3, 0.4) is 0 Å². The number of nitrogens with two attached hydrogens (primary N) is 1. The summed E-state index contributed by atoms with van der Waals surface area (Å²) in [6, 6.07) is 8.53. The molecule has 0 aliphatic carbocycles. The van der Waals surface area contributed by atoms with Crippen molar-refractivity contribution in [3.05, 3.63) is 47.2 Å². The Morgan fingerprint density at radius 1 is 1.29 bits per heavy atom. The standard InChI is InChI=1S/C17H20N2O5/c1-11(9-19-10-13(18)16(19)21)15(17(22)23-2)24-14(20)8-12-6-4-3-5-7-12/h3-7,13H,8-10,18H2,1-2H3/t13-/m0/s1. The summed E-state index contributed by atoms with van der Waals surface area (Å²) in [5.74, 6) is -1.72. The maximum Gasteiger partial charge on any atom is 0.374 e. The molecule has 1 aliphatic heterocycles. The quantitative estimate of drug-likeness (QED) is 0.350. The molecule has 1 heterocycles. The Labute approximate surface area is 140 Å². The van der Waals surface area contributed by atoms with Gasteiger partial charge in [0.1, 0.15) is 6.04 Å². The van der Waals surface area contributed by atoms with Crippen LogP contribution < -0.4 is 5.73 Å². The van der Waals surface area contributed by atoms with Crippen molar-refractivity contribution in [3.8, 4) is 0 Å². The van der Waals surface area contributed by atoms with E-state index >= 15 is 0 Å². The van der Waals surface area contributed by atoms with E-state index in [0.717, 1.165) is 5.56 Å². The topological polar surface area (TPSA) is 98.9 Å². The summed E-state index contributed by atoms with van der Waals surface area (Å²) < 4.78 is 9.86. The van der Waals surface area contributed by atoms with Crippen molar-refractivity contribution in [2.45, 2.75) is 19.4 Å². The lowest BCUT2D eigenvalue weighted by atomic mass is 10.1. The third-order valence-electron chi connectivity index (χ3n) is 3.64. The number of hydrogen-bond acceptors (Lipinski definition) is 6. The molecule has 1 aromatic rings. The first-order chi connectivity index (χ1) is 11.4. The molecule has 0 saturated carbocycles. The normalized spacial score (nSPS) is 17.7. The molecule has 1 aromatic carbocycles. The van der Waals surface area contributed by atoms with E-state index in [1.165, 1.54) is 12.0 Å². The fourth-order valence-corrected chi connectivity index (χ4v) is 2.34. The number of nitrogens with zero attached hydrogens (tertiary/aromatic N) is 1. The van der Waals surface area contributed by atoms with Crippen molar-refractivity contribution < 1.29 is 23.9 Å². The van der Waals surface area contributed by atoms with Crippen LogP contribution in [0.5, 0.6) is 0 Å². The molecule has 1 atom stereocenters. The van der Waals surface area contributed by atoms with Crippen LogP contribution in [0.25, 0.3) is 0 Å². The fourth-order valence-electron chi connectivity index (χ4n) is 2.34. The second-order valence-corrected chi connectivity index (χ2v) is 5.56. The highest BCUT2D eigenvalue weighted by atomic mass is 16.6. The van der Waals surface area contributed by atoms with Crippen molar-refractivity contribution >= 4 is 17.8 Å². The summed E-state index contributed by atoms with van der Waals surface area (Å²) in [5, 5.41) is 0. The van der Waals surface area contributed by atoms with Gasteiger partial charge in [0.2, 0.25) is 11.7 Å². The van der Waals surface area contributed by atoms with E-state index in [-0.39, 0.29) is 24.6 Å². The van der Waals surface area contributed by atoms with Gasteiger partial charge in [-0.2, -0.15) is 0 Å². The molecule has 0 bridgehead atoms. The van der Waals surface area contributed by atoms with Crippen LogP contribution in [0.15, 0.2) is 41.7 Å². The number of carbonyl (C=O) groups excluding carboxylic acids is 3. The van der Waals surface area contributed by atoms with Crippen molar-refractivity contribution in [3.63, 3.8) is 0 Å². The highest BCUT2D eigenvalue weighted by Gasteiger charge is 2.34. The van der Waals surface area contributed by atoms with Crippen LogP contribution in [-0.4, -0.2) is 49.0 Å². The van der Waals surface area contributed by atoms with Gasteiger partial charge in [-0.05, 0) is 18.1 Å². The van der Waals surface area contributed by atoms with Gasteiger partial charge >= 0.3 is 11.9 Å². The lowest BCUT2D eigenvalue weighted by Crippen LogP contribution is -2.61. The number of β-lactam (4-membered cyclic amide) rings is 1. The lowest BCUT2D eigenvalue weighted by molar-refractivity contribution is -0.149. The number of benzene rings is 1. The first-order valence-corrected chi connectivity index (χ1v) is 7.49. The number of amides is 1. The molecular weight excluding hydrogens is 312 g/mol. The molecule has 7 heteroatoms. The summed E-state index contributed by atoms with van der Waals surface area (Å²) in [5.41, 5.74) is 6.74. The van der Waals surface area contributed by atoms with Gasteiger partial charge in [-0.25, -0.2) is 4.79 Å². The van der Waals surface area contributed by atoms with Gasteiger partial charge in [-0.15, -0.1) is 0 Å². The minimum atomic E-state index is -0.758. The summed E-state index contributed by atoms with van der Waals surface area (Å²) in [7, 11) is 1.20. The molecule has 7 nitrogen and oxygen atoms in total. The van der Waals surface area contributed by atoms with E-state index < -0.39 is 18.0 Å². The smallest absolute Gasteiger partial charge is 0.374 e. The van der Waals surface area contributed by atoms with Crippen molar-refractivity contribution in [1.29, 1.82) is 0 Å². The van der Waals surface area contributed by atoms with Gasteiger partial charge in [0, 0.05) is 13.1 Å². The zero-order valence-electron chi connectivity index (χ0n) is 13.7. The number of rotatable bonds is 6. The molecule has 1 fully saturated rings. The van der Waals surface area contributed by atoms with Gasteiger partial charge in [-0.3, -0.25) is 9.59 Å². The third kappa shape index (κ3) is 4.20. The predicted octanol–water partition coefficient (Wildman–Crippen LogP) is 0.389. The average Bonchev–Trinajstić information content (AvgIpc) is 2.59. The Kier molecular flexibility index (Phi) is 5.70. The number of esters is 2. The largest absolute Gasteiger partial charge is 0.463 e. The number of carbonyl (C=O) groups is 3. The minimum Gasteiger partial charge on any atom is -0.463 e. The lowest BCUT2D eigenvalue weighted by Gasteiger charge is -2.36. The fraction of sp³-hybridized carbons (Fsp3) is 0.353. The minimum absolute atomic E-state index is 0.0299. The predicted molar refractivity (Wildman–Crippen MR) is 85.5 cm³/mol. The summed E-state index contributed by atoms with van der Waals surface area (Å²) in [4.78, 5) is 37.0. The van der Waals surface area contributed by atoms with Gasteiger partial charge in [0.05, 0.1) is 13.5 Å². The van der Waals surface area contributed by atoms with Crippen molar-refractivity contribution in [2.24, 2.45) is 5.73 Å². The Bertz CT molecular complexity index is 669. The summed E-state index contributed by atoms with van der Waals surface area (Å²) in [6.07, 6.45) is 0.0299. The Morgan fingerprint density at radius 2 is 1.96 bits per heavy atom. The molecular formula is C17H20N2O5. The van der Waals surface area contributed by atoms with Gasteiger partial charge in [0.25, 0.3) is 0 Å². The van der Waals surface area contributed by atoms with Gasteiger partial charge in [-0.1, -0.05) is 30.3 Å². The zero-order valence-corrected chi connectivity index (χ0v) is 13.7. The van der Waals surface area contributed by atoms with E-state index in [1.54, 1.807) is 19.1 Å². The Morgan fingerprint density at radius 3 is 2.50 bits per heavy atom. The summed E-state index contributed by atoms with van der Waals surface area (Å²) in [6.45, 7) is 2.18. The molecule has 0 spiro atoms. The SMILES string of the molecule is COC(=O)C(OC(=O)Cc1ccccc1)=C(C)CN1C[C@H](N)C1=O. The molecule has 0 unspecified atom stereocenters. The first kappa shape index (κ1) is 17.7. The van der Waals surface area contributed by atoms with E-state index in [2.05, 4.69) is 4.74 Å². The highest BCUT2D eigenvalue weighted by Crippen LogP contribution is 2.16. The van der Waals surface area contributed by atoms with Crippen LogP contribution in [0, 0.1) is 0 Å². The third-order valence-corrected chi connectivity index (χ3v) is 3.64. The Balaban J connectivity index is 2.07. The molecule has 1 saturated heterocycles. The number of ether oxygens (including phenoxy) is 2. The highest BCUT2D eigenvalue weighted by molar-refractivity contribution is 5.91. The molecule has 128 valence electrons. The monoisotopic (exact) mass is 332 g/mol. The molecule has 1 amide bonds.